The molecule has 0 fully saturated rings. The lowest BCUT2D eigenvalue weighted by atomic mass is 10.00. The number of halogens is 2. The molecule has 0 saturated heterocycles. The highest BCUT2D eigenvalue weighted by Crippen LogP contribution is 2.25. The van der Waals surface area contributed by atoms with Gasteiger partial charge >= 0.3 is 0 Å². The number of hydrogen-bond acceptors (Lipinski definition) is 1. The molecule has 20 heavy (non-hydrogen) atoms. The molecule has 0 aliphatic heterocycles. The van der Waals surface area contributed by atoms with E-state index in [4.69, 9.17) is 0 Å². The van der Waals surface area contributed by atoms with Crippen molar-refractivity contribution in [2.24, 2.45) is 0 Å². The Morgan fingerprint density at radius 3 is 2.20 bits per heavy atom. The minimum atomic E-state index is -0.902. The molecule has 0 heterocycles. The van der Waals surface area contributed by atoms with Crippen LogP contribution in [0.15, 0.2) is 12.1 Å². The Hall–Kier alpha value is -0.960. The van der Waals surface area contributed by atoms with Gasteiger partial charge in [0.2, 0.25) is 0 Å². The van der Waals surface area contributed by atoms with Crippen molar-refractivity contribution in [3.63, 3.8) is 0 Å². The summed E-state index contributed by atoms with van der Waals surface area (Å²) in [6, 6.07) is 2.27. The van der Waals surface area contributed by atoms with Gasteiger partial charge in [0.05, 0.1) is 6.10 Å². The summed E-state index contributed by atoms with van der Waals surface area (Å²) in [5, 5.41) is 9.95. The number of benzene rings is 1. The molecule has 0 radical (unpaired) electrons. The number of aliphatic hydroxyl groups excluding tert-OH is 1. The highest BCUT2D eigenvalue weighted by molar-refractivity contribution is 5.26. The third kappa shape index (κ3) is 5.58. The molecule has 0 aliphatic carbocycles. The maximum Gasteiger partial charge on any atom is 0.129 e. The van der Waals surface area contributed by atoms with E-state index in [-0.39, 0.29) is 11.1 Å². The molecule has 1 N–H and O–H groups in total. The number of rotatable bonds is 9. The monoisotopic (exact) mass is 284 g/mol. The van der Waals surface area contributed by atoms with Crippen molar-refractivity contribution in [3.05, 3.63) is 34.9 Å². The van der Waals surface area contributed by atoms with E-state index in [1.54, 1.807) is 0 Å². The Labute approximate surface area is 121 Å². The minimum absolute atomic E-state index is 0.0825. The molecule has 0 aliphatic rings. The van der Waals surface area contributed by atoms with Crippen molar-refractivity contribution in [2.75, 3.05) is 0 Å². The van der Waals surface area contributed by atoms with Crippen molar-refractivity contribution in [1.29, 1.82) is 0 Å². The molecule has 0 spiro atoms. The lowest BCUT2D eigenvalue weighted by molar-refractivity contribution is 0.158. The topological polar surface area (TPSA) is 20.2 Å². The fourth-order valence-corrected chi connectivity index (χ4v) is 2.37. The van der Waals surface area contributed by atoms with E-state index in [0.29, 0.717) is 6.42 Å². The first-order valence-electron chi connectivity index (χ1n) is 7.69. The van der Waals surface area contributed by atoms with Gasteiger partial charge in [-0.1, -0.05) is 51.9 Å². The van der Waals surface area contributed by atoms with Gasteiger partial charge in [0.25, 0.3) is 0 Å². The molecular weight excluding hydrogens is 258 g/mol. The summed E-state index contributed by atoms with van der Waals surface area (Å²) in [5.41, 5.74) is 0.355. The van der Waals surface area contributed by atoms with Crippen LogP contribution in [0.4, 0.5) is 8.78 Å². The van der Waals surface area contributed by atoms with Crippen LogP contribution in [-0.2, 0) is 0 Å². The van der Waals surface area contributed by atoms with Crippen LogP contribution in [0.2, 0.25) is 0 Å². The summed E-state index contributed by atoms with van der Waals surface area (Å²) in [7, 11) is 0. The van der Waals surface area contributed by atoms with E-state index in [2.05, 4.69) is 6.92 Å². The maximum atomic E-state index is 13.7. The predicted molar refractivity (Wildman–Crippen MR) is 78.7 cm³/mol. The van der Waals surface area contributed by atoms with Crippen LogP contribution in [0.25, 0.3) is 0 Å². The smallest absolute Gasteiger partial charge is 0.129 e. The average molecular weight is 284 g/mol. The maximum absolute atomic E-state index is 13.7. The highest BCUT2D eigenvalue weighted by Gasteiger charge is 2.15. The zero-order chi connectivity index (χ0) is 15.0. The SMILES string of the molecule is CCCCCCCCCC(O)c1cc(F)c(C)cc1F. The second-order valence-electron chi connectivity index (χ2n) is 5.55. The van der Waals surface area contributed by atoms with Crippen molar-refractivity contribution >= 4 is 0 Å². The first-order chi connectivity index (χ1) is 9.56. The molecular formula is C17H26F2O. The molecule has 1 rings (SSSR count). The van der Waals surface area contributed by atoms with Gasteiger partial charge < -0.3 is 5.11 Å². The molecule has 1 unspecified atom stereocenters. The van der Waals surface area contributed by atoms with Crippen LogP contribution in [0.5, 0.6) is 0 Å². The lowest BCUT2D eigenvalue weighted by Gasteiger charge is -2.13. The minimum Gasteiger partial charge on any atom is -0.388 e. The molecule has 1 atom stereocenters. The Kier molecular flexibility index (Phi) is 7.75. The number of aryl methyl sites for hydroxylation is 1. The molecule has 0 saturated carbocycles. The van der Waals surface area contributed by atoms with E-state index < -0.39 is 17.7 Å². The molecule has 0 amide bonds. The van der Waals surface area contributed by atoms with Crippen molar-refractivity contribution < 1.29 is 13.9 Å². The molecule has 0 bridgehead atoms. The molecule has 0 aromatic heterocycles. The quantitative estimate of drug-likeness (QED) is 0.598. The summed E-state index contributed by atoms with van der Waals surface area (Å²) in [6.07, 6.45) is 7.62. The lowest BCUT2D eigenvalue weighted by Crippen LogP contribution is -2.03. The summed E-state index contributed by atoms with van der Waals surface area (Å²) >= 11 is 0. The van der Waals surface area contributed by atoms with Gasteiger partial charge in [-0.25, -0.2) is 8.78 Å². The fraction of sp³-hybridized carbons (Fsp3) is 0.647. The summed E-state index contributed by atoms with van der Waals surface area (Å²) < 4.78 is 27.1. The highest BCUT2D eigenvalue weighted by atomic mass is 19.1. The first kappa shape index (κ1) is 17.1. The molecule has 1 nitrogen and oxygen atoms in total. The molecule has 114 valence electrons. The Bertz CT molecular complexity index is 404. The normalized spacial score (nSPS) is 12.7. The van der Waals surface area contributed by atoms with Crippen molar-refractivity contribution in [3.8, 4) is 0 Å². The summed E-state index contributed by atoms with van der Waals surface area (Å²) in [4.78, 5) is 0. The van der Waals surface area contributed by atoms with Gasteiger partial charge in [0, 0.05) is 5.56 Å². The van der Waals surface area contributed by atoms with E-state index in [0.717, 1.165) is 31.4 Å². The standard InChI is InChI=1S/C17H26F2O/c1-3-4-5-6-7-8-9-10-17(20)14-12-15(18)13(2)11-16(14)19/h11-12,17,20H,3-10H2,1-2H3. The number of hydrogen-bond donors (Lipinski definition) is 1. The van der Waals surface area contributed by atoms with Crippen LogP contribution in [0, 0.1) is 18.6 Å². The van der Waals surface area contributed by atoms with Crippen molar-refractivity contribution in [2.45, 2.75) is 71.3 Å². The Morgan fingerprint density at radius 1 is 0.950 bits per heavy atom. The summed E-state index contributed by atoms with van der Waals surface area (Å²) in [5.74, 6) is -0.973. The Morgan fingerprint density at radius 2 is 1.55 bits per heavy atom. The summed E-state index contributed by atoms with van der Waals surface area (Å²) in [6.45, 7) is 3.70. The van der Waals surface area contributed by atoms with Crippen LogP contribution in [0.3, 0.4) is 0 Å². The van der Waals surface area contributed by atoms with Gasteiger partial charge in [-0.05, 0) is 31.0 Å². The zero-order valence-corrected chi connectivity index (χ0v) is 12.6. The van der Waals surface area contributed by atoms with Crippen LogP contribution >= 0.6 is 0 Å². The fourth-order valence-electron chi connectivity index (χ4n) is 2.37. The van der Waals surface area contributed by atoms with Crippen LogP contribution in [0.1, 0.15) is 75.5 Å². The largest absolute Gasteiger partial charge is 0.388 e. The second-order valence-corrected chi connectivity index (χ2v) is 5.55. The van der Waals surface area contributed by atoms with Gasteiger partial charge in [0.1, 0.15) is 11.6 Å². The van der Waals surface area contributed by atoms with Crippen molar-refractivity contribution in [1.82, 2.24) is 0 Å². The number of aliphatic hydroxyl groups is 1. The van der Waals surface area contributed by atoms with Crippen LogP contribution < -0.4 is 0 Å². The second kappa shape index (κ2) is 9.06. The zero-order valence-electron chi connectivity index (χ0n) is 12.6. The third-order valence-corrected chi connectivity index (χ3v) is 3.72. The van der Waals surface area contributed by atoms with E-state index in [9.17, 15) is 13.9 Å². The van der Waals surface area contributed by atoms with E-state index in [1.165, 1.54) is 32.6 Å². The molecule has 1 aromatic rings. The van der Waals surface area contributed by atoms with Gasteiger partial charge in [-0.3, -0.25) is 0 Å². The molecule has 3 heteroatoms. The average Bonchev–Trinajstić information content (AvgIpc) is 2.41. The van der Waals surface area contributed by atoms with Crippen LogP contribution in [-0.4, -0.2) is 5.11 Å². The predicted octanol–water partition coefficient (Wildman–Crippen LogP) is 5.45. The Balaban J connectivity index is 2.32. The van der Waals surface area contributed by atoms with Gasteiger partial charge in [-0.2, -0.15) is 0 Å². The first-order valence-corrected chi connectivity index (χ1v) is 7.69. The van der Waals surface area contributed by atoms with E-state index in [1.807, 2.05) is 0 Å². The number of unbranched alkanes of at least 4 members (excludes halogenated alkanes) is 6. The molecule has 1 aromatic carbocycles. The van der Waals surface area contributed by atoms with Gasteiger partial charge in [0.15, 0.2) is 0 Å². The third-order valence-electron chi connectivity index (χ3n) is 3.72. The van der Waals surface area contributed by atoms with E-state index >= 15 is 0 Å². The van der Waals surface area contributed by atoms with Gasteiger partial charge in [-0.15, -0.1) is 0 Å².